The number of hydrogen-bond acceptors (Lipinski definition) is 3. The number of hydrazone groups is 1. The fourth-order valence-electron chi connectivity index (χ4n) is 4.47. The molecule has 0 bridgehead atoms. The van der Waals surface area contributed by atoms with Crippen LogP contribution in [0, 0.1) is 0 Å². The number of benzene rings is 4. The highest BCUT2D eigenvalue weighted by molar-refractivity contribution is 6.32. The molecule has 0 unspecified atom stereocenters. The number of carbonyl (C=O) groups is 1. The van der Waals surface area contributed by atoms with Crippen LogP contribution in [0.4, 0.5) is 5.69 Å². The van der Waals surface area contributed by atoms with Crippen molar-refractivity contribution >= 4 is 23.4 Å². The molecular formula is C32H24N4O. The SMILES string of the molecule is CC1=NN(c2ccccc2)C(=O)/C1=C/c1cn(-c2ccccc2)nc1-c1ccc(-c2ccccc2)cc1. The summed E-state index contributed by atoms with van der Waals surface area (Å²) in [5.74, 6) is -0.151. The van der Waals surface area contributed by atoms with Gasteiger partial charge in [-0.2, -0.15) is 15.2 Å². The van der Waals surface area contributed by atoms with E-state index in [4.69, 9.17) is 5.10 Å². The summed E-state index contributed by atoms with van der Waals surface area (Å²) >= 11 is 0. The van der Waals surface area contributed by atoms with Crippen LogP contribution in [0.3, 0.4) is 0 Å². The largest absolute Gasteiger partial charge is 0.280 e. The fourth-order valence-corrected chi connectivity index (χ4v) is 4.47. The third-order valence-corrected chi connectivity index (χ3v) is 6.39. The Balaban J connectivity index is 1.42. The van der Waals surface area contributed by atoms with E-state index in [-0.39, 0.29) is 5.91 Å². The van der Waals surface area contributed by atoms with Gasteiger partial charge in [-0.05, 0) is 48.4 Å². The fraction of sp³-hybridized carbons (Fsp3) is 0.0312. The van der Waals surface area contributed by atoms with Gasteiger partial charge in [-0.3, -0.25) is 4.79 Å². The Morgan fingerprint density at radius 1 is 0.649 bits per heavy atom. The van der Waals surface area contributed by atoms with E-state index in [2.05, 4.69) is 41.5 Å². The molecule has 1 amide bonds. The third kappa shape index (κ3) is 4.39. The van der Waals surface area contributed by atoms with Gasteiger partial charge in [0.05, 0.1) is 28.4 Å². The smallest absolute Gasteiger partial charge is 0.267 e. The van der Waals surface area contributed by atoms with E-state index < -0.39 is 0 Å². The first kappa shape index (κ1) is 22.4. The molecule has 0 aliphatic carbocycles. The van der Waals surface area contributed by atoms with Gasteiger partial charge in [0.2, 0.25) is 0 Å². The second-order valence-electron chi connectivity index (χ2n) is 8.85. The minimum Gasteiger partial charge on any atom is -0.267 e. The normalized spacial score (nSPS) is 14.3. The first-order valence-electron chi connectivity index (χ1n) is 12.1. The highest BCUT2D eigenvalue weighted by Crippen LogP contribution is 2.31. The van der Waals surface area contributed by atoms with E-state index >= 15 is 0 Å². The van der Waals surface area contributed by atoms with Crippen molar-refractivity contribution in [1.29, 1.82) is 0 Å². The molecule has 37 heavy (non-hydrogen) atoms. The van der Waals surface area contributed by atoms with E-state index in [0.717, 1.165) is 39.3 Å². The molecule has 0 saturated carbocycles. The summed E-state index contributed by atoms with van der Waals surface area (Å²) in [6.07, 6.45) is 3.87. The number of hydrogen-bond donors (Lipinski definition) is 0. The molecule has 0 radical (unpaired) electrons. The first-order valence-corrected chi connectivity index (χ1v) is 12.1. The maximum Gasteiger partial charge on any atom is 0.280 e. The van der Waals surface area contributed by atoms with E-state index in [0.29, 0.717) is 11.3 Å². The molecule has 5 aromatic rings. The van der Waals surface area contributed by atoms with Gasteiger partial charge < -0.3 is 0 Å². The number of para-hydroxylation sites is 2. The van der Waals surface area contributed by atoms with Crippen molar-refractivity contribution in [3.8, 4) is 28.1 Å². The zero-order valence-corrected chi connectivity index (χ0v) is 20.3. The van der Waals surface area contributed by atoms with Crippen LogP contribution in [0.5, 0.6) is 0 Å². The molecule has 5 heteroatoms. The molecule has 1 aliphatic heterocycles. The highest BCUT2D eigenvalue weighted by atomic mass is 16.2. The van der Waals surface area contributed by atoms with Crippen LogP contribution in [0.25, 0.3) is 34.1 Å². The molecule has 0 atom stereocenters. The Bertz CT molecular complexity index is 1620. The molecule has 178 valence electrons. The topological polar surface area (TPSA) is 50.5 Å². The van der Waals surface area contributed by atoms with Gasteiger partial charge >= 0.3 is 0 Å². The molecular weight excluding hydrogens is 456 g/mol. The molecule has 0 saturated heterocycles. The minimum atomic E-state index is -0.151. The predicted octanol–water partition coefficient (Wildman–Crippen LogP) is 7.01. The summed E-state index contributed by atoms with van der Waals surface area (Å²) in [5.41, 5.74) is 7.84. The summed E-state index contributed by atoms with van der Waals surface area (Å²) in [6, 6.07) is 38.1. The van der Waals surface area contributed by atoms with Gasteiger partial charge in [0.15, 0.2) is 0 Å². The van der Waals surface area contributed by atoms with Crippen LogP contribution in [0.15, 0.2) is 132 Å². The molecule has 1 aliphatic rings. The van der Waals surface area contributed by atoms with Crippen LogP contribution in [0.2, 0.25) is 0 Å². The zero-order valence-electron chi connectivity index (χ0n) is 20.3. The van der Waals surface area contributed by atoms with E-state index in [1.807, 2.05) is 103 Å². The lowest BCUT2D eigenvalue weighted by molar-refractivity contribution is -0.114. The lowest BCUT2D eigenvalue weighted by Gasteiger charge is -2.11. The van der Waals surface area contributed by atoms with E-state index in [1.54, 1.807) is 0 Å². The molecule has 5 nitrogen and oxygen atoms in total. The number of amides is 1. The summed E-state index contributed by atoms with van der Waals surface area (Å²) in [5, 5.41) is 10.9. The number of anilines is 1. The van der Waals surface area contributed by atoms with Crippen molar-refractivity contribution < 1.29 is 4.79 Å². The van der Waals surface area contributed by atoms with Crippen LogP contribution in [-0.4, -0.2) is 21.4 Å². The Morgan fingerprint density at radius 3 is 1.84 bits per heavy atom. The van der Waals surface area contributed by atoms with E-state index in [9.17, 15) is 4.79 Å². The van der Waals surface area contributed by atoms with Gasteiger partial charge in [0, 0.05) is 17.3 Å². The van der Waals surface area contributed by atoms with Gasteiger partial charge in [0.1, 0.15) is 0 Å². The molecule has 2 heterocycles. The van der Waals surface area contributed by atoms with Crippen molar-refractivity contribution in [1.82, 2.24) is 9.78 Å². The first-order chi connectivity index (χ1) is 18.2. The highest BCUT2D eigenvalue weighted by Gasteiger charge is 2.29. The maximum absolute atomic E-state index is 13.4. The summed E-state index contributed by atoms with van der Waals surface area (Å²) < 4.78 is 1.85. The second-order valence-corrected chi connectivity index (χ2v) is 8.85. The summed E-state index contributed by atoms with van der Waals surface area (Å²) in [4.78, 5) is 13.4. The van der Waals surface area contributed by atoms with Crippen molar-refractivity contribution in [2.45, 2.75) is 6.92 Å². The van der Waals surface area contributed by atoms with Gasteiger partial charge in [-0.15, -0.1) is 0 Å². The van der Waals surface area contributed by atoms with E-state index in [1.165, 1.54) is 5.01 Å². The average Bonchev–Trinajstić information content (AvgIpc) is 3.51. The van der Waals surface area contributed by atoms with Gasteiger partial charge in [-0.1, -0.05) is 91.0 Å². The third-order valence-electron chi connectivity index (χ3n) is 6.39. The monoisotopic (exact) mass is 480 g/mol. The Morgan fingerprint density at radius 2 is 1.19 bits per heavy atom. The van der Waals surface area contributed by atoms with Gasteiger partial charge in [-0.25, -0.2) is 4.68 Å². The maximum atomic E-state index is 13.4. The van der Waals surface area contributed by atoms with Crippen LogP contribution in [0.1, 0.15) is 12.5 Å². The van der Waals surface area contributed by atoms with Crippen molar-refractivity contribution in [2.24, 2.45) is 5.10 Å². The van der Waals surface area contributed by atoms with Crippen LogP contribution in [-0.2, 0) is 4.79 Å². The number of aromatic nitrogens is 2. The number of nitrogens with zero attached hydrogens (tertiary/aromatic N) is 4. The summed E-state index contributed by atoms with van der Waals surface area (Å²) in [7, 11) is 0. The molecule has 0 spiro atoms. The van der Waals surface area contributed by atoms with Gasteiger partial charge in [0.25, 0.3) is 5.91 Å². The average molecular weight is 481 g/mol. The Labute approximate surface area is 215 Å². The zero-order chi connectivity index (χ0) is 25.2. The minimum absolute atomic E-state index is 0.151. The number of carbonyl (C=O) groups excluding carboxylic acids is 1. The molecule has 6 rings (SSSR count). The lowest BCUT2D eigenvalue weighted by atomic mass is 10.0. The van der Waals surface area contributed by atoms with Crippen molar-refractivity contribution in [3.63, 3.8) is 0 Å². The second kappa shape index (κ2) is 9.55. The predicted molar refractivity (Wildman–Crippen MR) is 149 cm³/mol. The van der Waals surface area contributed by atoms with Crippen LogP contribution < -0.4 is 5.01 Å². The molecule has 0 fully saturated rings. The Hall–Kier alpha value is -5.03. The Kier molecular flexibility index (Phi) is 5.79. The van der Waals surface area contributed by atoms with Crippen molar-refractivity contribution in [2.75, 3.05) is 5.01 Å². The molecule has 4 aromatic carbocycles. The van der Waals surface area contributed by atoms with Crippen molar-refractivity contribution in [3.05, 3.63) is 133 Å². The molecule has 1 aromatic heterocycles. The molecule has 0 N–H and O–H groups in total. The number of rotatable bonds is 5. The standard InChI is InChI=1S/C32H24N4O/c1-23-30(32(37)36(33-23)29-15-9-4-10-16-29)21-27-22-35(28-13-7-3-8-14-28)34-31(27)26-19-17-25(18-20-26)24-11-5-2-6-12-24/h2-22H,1H3/b30-21+. The quantitative estimate of drug-likeness (QED) is 0.254. The lowest BCUT2D eigenvalue weighted by Crippen LogP contribution is -2.21. The summed E-state index contributed by atoms with van der Waals surface area (Å²) in [6.45, 7) is 1.86. The van der Waals surface area contributed by atoms with Crippen LogP contribution >= 0.6 is 0 Å².